The summed E-state index contributed by atoms with van der Waals surface area (Å²) in [5.74, 6) is 2.08. The van der Waals surface area contributed by atoms with Crippen LogP contribution in [0.5, 0.6) is 0 Å². The van der Waals surface area contributed by atoms with Crippen LogP contribution in [0, 0.1) is 13.8 Å². The highest BCUT2D eigenvalue weighted by molar-refractivity contribution is 5.37. The van der Waals surface area contributed by atoms with E-state index in [0.29, 0.717) is 5.82 Å². The van der Waals surface area contributed by atoms with Gasteiger partial charge in [0.2, 0.25) is 0 Å². The number of anilines is 1. The van der Waals surface area contributed by atoms with Crippen molar-refractivity contribution in [3.63, 3.8) is 0 Å². The lowest BCUT2D eigenvalue weighted by molar-refractivity contribution is 0.499. The normalized spacial score (nSPS) is 12.4. The number of aryl methyl sites for hydroxylation is 3. The van der Waals surface area contributed by atoms with E-state index in [1.54, 1.807) is 19.4 Å². The zero-order valence-corrected chi connectivity index (χ0v) is 11.0. The van der Waals surface area contributed by atoms with Crippen molar-refractivity contribution in [1.82, 2.24) is 9.55 Å². The first-order valence-electron chi connectivity index (χ1n) is 5.84. The van der Waals surface area contributed by atoms with E-state index in [9.17, 15) is 4.79 Å². The van der Waals surface area contributed by atoms with Crippen molar-refractivity contribution in [3.8, 4) is 0 Å². The number of hydrogen-bond donors (Lipinski definition) is 1. The monoisotopic (exact) mass is 247 g/mol. The van der Waals surface area contributed by atoms with Crippen LogP contribution in [0.2, 0.25) is 0 Å². The molecule has 0 bridgehead atoms. The van der Waals surface area contributed by atoms with Gasteiger partial charge in [-0.05, 0) is 26.8 Å². The smallest absolute Gasteiger partial charge is 0.293 e. The molecule has 96 valence electrons. The molecule has 0 aliphatic rings. The summed E-state index contributed by atoms with van der Waals surface area (Å²) in [6, 6.07) is 1.95. The van der Waals surface area contributed by atoms with E-state index in [2.05, 4.69) is 10.3 Å². The average molecular weight is 247 g/mol. The number of nitrogens with one attached hydrogen (secondary N) is 1. The topological polar surface area (TPSA) is 60.1 Å². The van der Waals surface area contributed by atoms with Gasteiger partial charge >= 0.3 is 0 Å². The predicted molar refractivity (Wildman–Crippen MR) is 69.7 cm³/mol. The Morgan fingerprint density at radius 3 is 2.78 bits per heavy atom. The van der Waals surface area contributed by atoms with E-state index in [1.807, 2.05) is 26.8 Å². The lowest BCUT2D eigenvalue weighted by Gasteiger charge is -2.13. The van der Waals surface area contributed by atoms with E-state index in [1.165, 1.54) is 4.57 Å². The van der Waals surface area contributed by atoms with Gasteiger partial charge in [0, 0.05) is 25.0 Å². The quantitative estimate of drug-likeness (QED) is 0.903. The molecule has 0 aliphatic carbocycles. The number of rotatable bonds is 3. The molecule has 0 spiro atoms. The van der Waals surface area contributed by atoms with Gasteiger partial charge in [0.15, 0.2) is 5.82 Å². The summed E-state index contributed by atoms with van der Waals surface area (Å²) in [5.41, 5.74) is 0.905. The molecule has 0 saturated carbocycles. The average Bonchev–Trinajstić information content (AvgIpc) is 2.64. The number of hydrogen-bond acceptors (Lipinski definition) is 4. The van der Waals surface area contributed by atoms with Crippen molar-refractivity contribution in [1.29, 1.82) is 0 Å². The van der Waals surface area contributed by atoms with Crippen LogP contribution < -0.4 is 10.9 Å². The van der Waals surface area contributed by atoms with Crippen molar-refractivity contribution < 1.29 is 4.42 Å². The van der Waals surface area contributed by atoms with Crippen LogP contribution in [0.3, 0.4) is 0 Å². The Morgan fingerprint density at radius 2 is 2.17 bits per heavy atom. The maximum Gasteiger partial charge on any atom is 0.293 e. The molecular weight excluding hydrogens is 230 g/mol. The van der Waals surface area contributed by atoms with Crippen molar-refractivity contribution in [2.75, 3.05) is 5.32 Å². The van der Waals surface area contributed by atoms with Crippen molar-refractivity contribution in [3.05, 3.63) is 45.9 Å². The Kier molecular flexibility index (Phi) is 3.23. The number of nitrogens with zero attached hydrogens (tertiary/aromatic N) is 2. The summed E-state index contributed by atoms with van der Waals surface area (Å²) in [5, 5.41) is 3.12. The largest absolute Gasteiger partial charge is 0.466 e. The Hall–Kier alpha value is -2.04. The molecule has 2 aromatic heterocycles. The molecule has 2 rings (SSSR count). The molecule has 0 radical (unpaired) electrons. The van der Waals surface area contributed by atoms with Crippen molar-refractivity contribution in [2.45, 2.75) is 26.8 Å². The number of furan rings is 1. The fourth-order valence-electron chi connectivity index (χ4n) is 1.96. The standard InChI is InChI=1S/C13H17N3O2/c1-8-7-11(10(3)18-8)9(2)15-12-13(17)16(4)6-5-14-12/h5-7,9H,1-4H3,(H,14,15). The highest BCUT2D eigenvalue weighted by Crippen LogP contribution is 2.23. The maximum atomic E-state index is 11.8. The summed E-state index contributed by atoms with van der Waals surface area (Å²) < 4.78 is 6.98. The van der Waals surface area contributed by atoms with Gasteiger partial charge in [-0.1, -0.05) is 0 Å². The van der Waals surface area contributed by atoms with Gasteiger partial charge in [-0.15, -0.1) is 0 Å². The lowest BCUT2D eigenvalue weighted by atomic mass is 10.1. The minimum Gasteiger partial charge on any atom is -0.466 e. The van der Waals surface area contributed by atoms with Gasteiger partial charge in [-0.3, -0.25) is 4.79 Å². The van der Waals surface area contributed by atoms with Gasteiger partial charge < -0.3 is 14.3 Å². The van der Waals surface area contributed by atoms with Gasteiger partial charge in [-0.2, -0.15) is 0 Å². The van der Waals surface area contributed by atoms with E-state index in [0.717, 1.165) is 17.1 Å². The molecule has 0 amide bonds. The third-order valence-electron chi connectivity index (χ3n) is 2.92. The molecule has 0 fully saturated rings. The predicted octanol–water partition coefficient (Wildman–Crippen LogP) is 2.16. The van der Waals surface area contributed by atoms with E-state index in [4.69, 9.17) is 4.42 Å². The van der Waals surface area contributed by atoms with Gasteiger partial charge in [0.05, 0.1) is 6.04 Å². The van der Waals surface area contributed by atoms with Crippen LogP contribution in [0.4, 0.5) is 5.82 Å². The third kappa shape index (κ3) is 2.30. The van der Waals surface area contributed by atoms with Crippen molar-refractivity contribution >= 4 is 5.82 Å². The summed E-state index contributed by atoms with van der Waals surface area (Å²) >= 11 is 0. The highest BCUT2D eigenvalue weighted by Gasteiger charge is 2.14. The Morgan fingerprint density at radius 1 is 1.44 bits per heavy atom. The summed E-state index contributed by atoms with van der Waals surface area (Å²) in [6.07, 6.45) is 3.23. The summed E-state index contributed by atoms with van der Waals surface area (Å²) in [7, 11) is 1.70. The molecule has 5 nitrogen and oxygen atoms in total. The molecule has 5 heteroatoms. The Balaban J connectivity index is 2.27. The van der Waals surface area contributed by atoms with Crippen LogP contribution in [-0.2, 0) is 7.05 Å². The van der Waals surface area contributed by atoms with Gasteiger partial charge in [-0.25, -0.2) is 4.98 Å². The minimum atomic E-state index is -0.137. The second-order valence-electron chi connectivity index (χ2n) is 4.43. The Labute approximate surface area is 105 Å². The second-order valence-corrected chi connectivity index (χ2v) is 4.43. The van der Waals surface area contributed by atoms with Crippen LogP contribution in [0.1, 0.15) is 30.0 Å². The van der Waals surface area contributed by atoms with Crippen LogP contribution in [-0.4, -0.2) is 9.55 Å². The first kappa shape index (κ1) is 12.4. The highest BCUT2D eigenvalue weighted by atomic mass is 16.3. The van der Waals surface area contributed by atoms with Gasteiger partial charge in [0.1, 0.15) is 11.5 Å². The zero-order valence-electron chi connectivity index (χ0n) is 11.0. The first-order valence-corrected chi connectivity index (χ1v) is 5.84. The third-order valence-corrected chi connectivity index (χ3v) is 2.92. The summed E-state index contributed by atoms with van der Waals surface area (Å²) in [4.78, 5) is 15.9. The van der Waals surface area contributed by atoms with Crippen molar-refractivity contribution in [2.24, 2.45) is 7.05 Å². The minimum absolute atomic E-state index is 0.0231. The van der Waals surface area contributed by atoms with E-state index in [-0.39, 0.29) is 11.6 Å². The molecule has 0 saturated heterocycles. The second kappa shape index (κ2) is 4.68. The lowest BCUT2D eigenvalue weighted by Crippen LogP contribution is -2.23. The van der Waals surface area contributed by atoms with Crippen LogP contribution in [0.25, 0.3) is 0 Å². The zero-order chi connectivity index (χ0) is 13.3. The molecule has 2 heterocycles. The number of aromatic nitrogens is 2. The fourth-order valence-corrected chi connectivity index (χ4v) is 1.96. The van der Waals surface area contributed by atoms with Crippen LogP contribution in [0.15, 0.2) is 27.7 Å². The van der Waals surface area contributed by atoms with E-state index >= 15 is 0 Å². The molecule has 1 atom stereocenters. The van der Waals surface area contributed by atoms with E-state index < -0.39 is 0 Å². The molecule has 0 aliphatic heterocycles. The summed E-state index contributed by atoms with van der Waals surface area (Å²) in [6.45, 7) is 5.80. The molecule has 18 heavy (non-hydrogen) atoms. The SMILES string of the molecule is Cc1cc(C(C)Nc2nccn(C)c2=O)c(C)o1. The first-order chi connectivity index (χ1) is 8.49. The molecular formula is C13H17N3O2. The Bertz CT molecular complexity index is 613. The molecule has 1 N–H and O–H groups in total. The molecule has 0 aromatic carbocycles. The maximum absolute atomic E-state index is 11.8. The van der Waals surface area contributed by atoms with Crippen LogP contribution >= 0.6 is 0 Å². The molecule has 1 unspecified atom stereocenters. The van der Waals surface area contributed by atoms with Gasteiger partial charge in [0.25, 0.3) is 5.56 Å². The molecule has 2 aromatic rings. The fraction of sp³-hybridized carbons (Fsp3) is 0.385.